The van der Waals surface area contributed by atoms with E-state index in [2.05, 4.69) is 4.98 Å². The van der Waals surface area contributed by atoms with Gasteiger partial charge in [-0.25, -0.2) is 4.79 Å². The van der Waals surface area contributed by atoms with Crippen LogP contribution in [0.15, 0.2) is 21.9 Å². The molecule has 1 aromatic heterocycles. The van der Waals surface area contributed by atoms with Crippen LogP contribution >= 0.6 is 0 Å². The van der Waals surface area contributed by atoms with E-state index in [0.717, 1.165) is 10.6 Å². The second kappa shape index (κ2) is 5.47. The lowest BCUT2D eigenvalue weighted by molar-refractivity contribution is -0.0457. The van der Waals surface area contributed by atoms with Crippen molar-refractivity contribution in [3.63, 3.8) is 0 Å². The Kier molecular flexibility index (Phi) is 4.11. The zero-order valence-electron chi connectivity index (χ0n) is 10.1. The number of hydrogen-bond acceptors (Lipinski definition) is 6. The van der Waals surface area contributed by atoms with E-state index >= 15 is 0 Å². The molecule has 3 N–H and O–H groups in total. The number of aliphatic hydroxyl groups excluding tert-OH is 2. The van der Waals surface area contributed by atoms with E-state index in [1.54, 1.807) is 0 Å². The van der Waals surface area contributed by atoms with Gasteiger partial charge in [-0.05, 0) is 11.2 Å². The monoisotopic (exact) mass is 290 g/mol. The molecule has 1 aliphatic rings. The maximum Gasteiger partial charge on any atom is 0.330 e. The molecule has 1 aliphatic heterocycles. The fourth-order valence-corrected chi connectivity index (χ4v) is 3.17. The number of H-pyrrole nitrogens is 1. The fraction of sp³-hybridized carbons (Fsp3) is 0.600. The molecule has 0 saturated carbocycles. The Morgan fingerprint density at radius 2 is 2.26 bits per heavy atom. The van der Waals surface area contributed by atoms with Gasteiger partial charge < -0.3 is 19.5 Å². The van der Waals surface area contributed by atoms with Crippen molar-refractivity contribution in [2.45, 2.75) is 23.7 Å². The van der Waals surface area contributed by atoms with Crippen molar-refractivity contribution in [3.05, 3.63) is 33.1 Å². The summed E-state index contributed by atoms with van der Waals surface area (Å²) < 4.78 is 18.1. The van der Waals surface area contributed by atoms with Gasteiger partial charge >= 0.3 is 5.69 Å². The highest BCUT2D eigenvalue weighted by atomic mass is 32.2. The molecule has 0 spiro atoms. The van der Waals surface area contributed by atoms with E-state index < -0.39 is 52.7 Å². The van der Waals surface area contributed by atoms with E-state index in [4.69, 9.17) is 9.84 Å². The predicted molar refractivity (Wildman–Crippen MR) is 66.2 cm³/mol. The number of hydrogen-bond donors (Lipinski definition) is 3. The average Bonchev–Trinajstić information content (AvgIpc) is 2.66. The van der Waals surface area contributed by atoms with Gasteiger partial charge in [-0.15, -0.1) is 0 Å². The van der Waals surface area contributed by atoms with Gasteiger partial charge in [0.2, 0.25) is 0 Å². The van der Waals surface area contributed by atoms with Gasteiger partial charge in [-0.1, -0.05) is 0 Å². The van der Waals surface area contributed by atoms with Crippen LogP contribution in [0.1, 0.15) is 6.23 Å². The van der Waals surface area contributed by atoms with Gasteiger partial charge in [0.15, 0.2) is 11.5 Å². The van der Waals surface area contributed by atoms with Crippen LogP contribution in [0.3, 0.4) is 0 Å². The van der Waals surface area contributed by atoms with Crippen LogP contribution in [0.2, 0.25) is 0 Å². The minimum absolute atomic E-state index is 0.455. The molecule has 0 bridgehead atoms. The minimum Gasteiger partial charge on any atom is -0.616 e. The van der Waals surface area contributed by atoms with Crippen molar-refractivity contribution in [2.24, 2.45) is 0 Å². The van der Waals surface area contributed by atoms with Gasteiger partial charge in [0.1, 0.15) is 12.2 Å². The first kappa shape index (κ1) is 14.3. The molecule has 106 valence electrons. The quantitative estimate of drug-likeness (QED) is 0.529. The number of aromatic nitrogens is 2. The Hall–Kier alpha value is -1.13. The average molecular weight is 290 g/mol. The van der Waals surface area contributed by atoms with Crippen LogP contribution in [0.4, 0.5) is 0 Å². The Bertz CT molecular complexity index is 555. The summed E-state index contributed by atoms with van der Waals surface area (Å²) in [6.45, 7) is -0.455. The zero-order chi connectivity index (χ0) is 14.2. The Balaban J connectivity index is 2.42. The highest BCUT2D eigenvalue weighted by Gasteiger charge is 2.50. The van der Waals surface area contributed by atoms with Gasteiger partial charge in [0.05, 0.1) is 12.9 Å². The molecule has 0 aromatic carbocycles. The van der Waals surface area contributed by atoms with Gasteiger partial charge in [0.25, 0.3) is 5.56 Å². The van der Waals surface area contributed by atoms with E-state index in [-0.39, 0.29) is 0 Å². The van der Waals surface area contributed by atoms with Crippen LogP contribution in [0.5, 0.6) is 0 Å². The molecule has 1 saturated heterocycles. The van der Waals surface area contributed by atoms with Crippen LogP contribution in [0.25, 0.3) is 0 Å². The maximum absolute atomic E-state index is 11.7. The van der Waals surface area contributed by atoms with Gasteiger partial charge in [-0.2, -0.15) is 0 Å². The van der Waals surface area contributed by atoms with E-state index in [0.29, 0.717) is 0 Å². The van der Waals surface area contributed by atoms with Gasteiger partial charge in [0, 0.05) is 12.3 Å². The smallest absolute Gasteiger partial charge is 0.330 e. The van der Waals surface area contributed by atoms with Crippen molar-refractivity contribution in [1.29, 1.82) is 0 Å². The number of aliphatic hydroxyl groups is 2. The van der Waals surface area contributed by atoms with Crippen LogP contribution in [-0.4, -0.2) is 54.6 Å². The number of rotatable bonds is 3. The largest absolute Gasteiger partial charge is 0.616 e. The molecule has 1 unspecified atom stereocenters. The highest BCUT2D eigenvalue weighted by molar-refractivity contribution is 7.91. The molecule has 0 aliphatic carbocycles. The lowest BCUT2D eigenvalue weighted by Crippen LogP contribution is -2.41. The number of nitrogens with zero attached hydrogens (tertiary/aromatic N) is 1. The predicted octanol–water partition coefficient (Wildman–Crippen LogP) is -2.47. The molecule has 19 heavy (non-hydrogen) atoms. The zero-order valence-corrected chi connectivity index (χ0v) is 10.9. The van der Waals surface area contributed by atoms with Gasteiger partial charge in [-0.3, -0.25) is 14.3 Å². The van der Waals surface area contributed by atoms with Crippen molar-refractivity contribution < 1.29 is 19.5 Å². The fourth-order valence-electron chi connectivity index (χ4n) is 2.08. The minimum atomic E-state index is -1.48. The second-order valence-electron chi connectivity index (χ2n) is 4.22. The van der Waals surface area contributed by atoms with Crippen molar-refractivity contribution in [3.8, 4) is 0 Å². The molecule has 2 heterocycles. The molecule has 2 rings (SSSR count). The molecule has 9 heteroatoms. The molecule has 0 amide bonds. The number of ether oxygens (including phenoxy) is 1. The number of nitrogens with one attached hydrogen (secondary N) is 1. The first-order valence-electron chi connectivity index (χ1n) is 5.53. The molecule has 0 radical (unpaired) electrons. The standard InChI is InChI=1S/C10H14N2O6S/c1-19(17)8-7(15)5(4-13)18-9(8)12-3-2-6(14)11-10(12)16/h2-3,5,7-9,13,15H,4H2,1H3,(H,11,14,16)/t5-,7-,8-,9-,19?/m1/s1. The normalized spacial score (nSPS) is 32.4. The molecule has 1 fully saturated rings. The summed E-state index contributed by atoms with van der Waals surface area (Å²) in [5, 5.41) is 18.2. The van der Waals surface area contributed by atoms with E-state index in [1.807, 2.05) is 0 Å². The highest BCUT2D eigenvalue weighted by Crippen LogP contribution is 2.32. The summed E-state index contributed by atoms with van der Waals surface area (Å²) in [4.78, 5) is 24.7. The summed E-state index contributed by atoms with van der Waals surface area (Å²) in [7, 11) is 0. The Labute approximate surface area is 110 Å². The lowest BCUT2D eigenvalue weighted by Gasteiger charge is -2.22. The van der Waals surface area contributed by atoms with Crippen molar-refractivity contribution in [2.75, 3.05) is 12.9 Å². The summed E-state index contributed by atoms with van der Waals surface area (Å²) in [5.41, 5.74) is -1.29. The van der Waals surface area contributed by atoms with Crippen LogP contribution < -0.4 is 11.2 Å². The second-order valence-corrected chi connectivity index (χ2v) is 5.76. The molecule has 8 nitrogen and oxygen atoms in total. The van der Waals surface area contributed by atoms with Crippen molar-refractivity contribution >= 4 is 11.2 Å². The first-order valence-corrected chi connectivity index (χ1v) is 7.16. The molecule has 5 atom stereocenters. The topological polar surface area (TPSA) is 128 Å². The third-order valence-electron chi connectivity index (χ3n) is 3.00. The Morgan fingerprint density at radius 1 is 1.58 bits per heavy atom. The Morgan fingerprint density at radius 3 is 2.79 bits per heavy atom. The first-order chi connectivity index (χ1) is 8.95. The third-order valence-corrected chi connectivity index (χ3v) is 4.28. The summed E-state index contributed by atoms with van der Waals surface area (Å²) >= 11 is -1.48. The summed E-state index contributed by atoms with van der Waals surface area (Å²) in [6.07, 6.45) is -0.487. The van der Waals surface area contributed by atoms with E-state index in [9.17, 15) is 19.2 Å². The third kappa shape index (κ3) is 2.60. The molecule has 1 aromatic rings. The molecular formula is C10H14N2O6S. The molecular weight excluding hydrogens is 276 g/mol. The van der Waals surface area contributed by atoms with Crippen molar-refractivity contribution in [1.82, 2.24) is 9.55 Å². The van der Waals surface area contributed by atoms with E-state index in [1.165, 1.54) is 12.5 Å². The summed E-state index contributed by atoms with van der Waals surface area (Å²) in [5.74, 6) is 0. The lowest BCUT2D eigenvalue weighted by atomic mass is 10.2. The SMILES string of the molecule is C[S+]([O-])[C@@H]1[C@H](O)[C@@H](CO)O[C@H]1n1ccc(=O)[nH]c1=O. The number of aromatic amines is 1. The summed E-state index contributed by atoms with van der Waals surface area (Å²) in [6, 6.07) is 1.12. The van der Waals surface area contributed by atoms with Crippen LogP contribution in [0, 0.1) is 0 Å². The van der Waals surface area contributed by atoms with Crippen LogP contribution in [-0.2, 0) is 15.9 Å². The maximum atomic E-state index is 11.7.